The Balaban J connectivity index is 1.64. The summed E-state index contributed by atoms with van der Waals surface area (Å²) in [7, 11) is 1.64. The number of aliphatic hydroxyl groups excluding tert-OH is 1. The molecule has 1 N–H and O–H groups in total. The van der Waals surface area contributed by atoms with Gasteiger partial charge in [-0.25, -0.2) is 15.0 Å². The molecule has 1 amide bonds. The number of amides is 1. The number of fused-ring (bicyclic) bond motifs is 1. The second kappa shape index (κ2) is 8.47. The number of hydrogen-bond acceptors (Lipinski definition) is 6. The lowest BCUT2D eigenvalue weighted by molar-refractivity contribution is -0.135. The third-order valence-corrected chi connectivity index (χ3v) is 5.21. The zero-order valence-electron chi connectivity index (χ0n) is 17.0. The zero-order valence-corrected chi connectivity index (χ0v) is 17.0. The topological polar surface area (TPSA) is 82.5 Å². The number of pyridine rings is 1. The van der Waals surface area contributed by atoms with Crippen LogP contribution in [-0.4, -0.2) is 63.7 Å². The second-order valence-corrected chi connectivity index (χ2v) is 7.21. The molecule has 0 unspecified atom stereocenters. The van der Waals surface area contributed by atoms with E-state index >= 15 is 0 Å². The lowest BCUT2D eigenvalue weighted by atomic mass is 10.1. The first kappa shape index (κ1) is 19.8. The summed E-state index contributed by atoms with van der Waals surface area (Å²) in [4.78, 5) is 29.2. The van der Waals surface area contributed by atoms with Crippen molar-refractivity contribution < 1.29 is 9.90 Å². The van der Waals surface area contributed by atoms with Crippen LogP contribution in [0.2, 0.25) is 0 Å². The monoisotopic (exact) mass is 401 g/mol. The van der Waals surface area contributed by atoms with E-state index in [2.05, 4.69) is 26.7 Å². The summed E-state index contributed by atoms with van der Waals surface area (Å²) in [5.74, 6) is 5.98. The molecule has 0 saturated carbocycles. The van der Waals surface area contributed by atoms with E-state index < -0.39 is 12.0 Å². The van der Waals surface area contributed by atoms with Gasteiger partial charge in [0.25, 0.3) is 5.91 Å². The molecule has 7 nitrogen and oxygen atoms in total. The summed E-state index contributed by atoms with van der Waals surface area (Å²) in [6, 6.07) is 11.5. The molecule has 1 fully saturated rings. The summed E-state index contributed by atoms with van der Waals surface area (Å²) < 4.78 is 0. The number of aromatic nitrogens is 3. The number of rotatable bonds is 4. The van der Waals surface area contributed by atoms with Crippen molar-refractivity contribution in [1.29, 1.82) is 0 Å². The molecule has 0 bridgehead atoms. The Kier molecular flexibility index (Phi) is 5.59. The van der Waals surface area contributed by atoms with Crippen molar-refractivity contribution in [3.8, 4) is 23.1 Å². The average molecular weight is 401 g/mol. The molecule has 30 heavy (non-hydrogen) atoms. The highest BCUT2D eigenvalue weighted by Gasteiger charge is 2.20. The molecule has 0 spiro atoms. The van der Waals surface area contributed by atoms with E-state index in [0.717, 1.165) is 47.6 Å². The molecule has 4 rings (SSSR count). The molecule has 1 atom stereocenters. The van der Waals surface area contributed by atoms with Crippen LogP contribution >= 0.6 is 0 Å². The van der Waals surface area contributed by atoms with Crippen LogP contribution in [0.25, 0.3) is 22.3 Å². The highest BCUT2D eigenvalue weighted by molar-refractivity contribution is 5.88. The van der Waals surface area contributed by atoms with Crippen LogP contribution in [0.4, 0.5) is 5.82 Å². The van der Waals surface area contributed by atoms with Crippen molar-refractivity contribution in [2.24, 2.45) is 0 Å². The first-order valence-electron chi connectivity index (χ1n) is 9.98. The maximum Gasteiger partial charge on any atom is 0.263 e. The van der Waals surface area contributed by atoms with Crippen molar-refractivity contribution in [3.63, 3.8) is 0 Å². The molecule has 1 aliphatic heterocycles. The van der Waals surface area contributed by atoms with E-state index in [-0.39, 0.29) is 0 Å². The van der Waals surface area contributed by atoms with E-state index in [9.17, 15) is 9.90 Å². The smallest absolute Gasteiger partial charge is 0.263 e. The molecule has 2 aromatic heterocycles. The van der Waals surface area contributed by atoms with Crippen LogP contribution in [0.1, 0.15) is 18.9 Å². The quantitative estimate of drug-likeness (QED) is 0.674. The van der Waals surface area contributed by atoms with E-state index in [0.29, 0.717) is 12.1 Å². The maximum absolute atomic E-state index is 12.0. The minimum atomic E-state index is -1.34. The van der Waals surface area contributed by atoms with E-state index in [1.165, 1.54) is 4.90 Å². The van der Waals surface area contributed by atoms with Gasteiger partial charge in [-0.15, -0.1) is 0 Å². The molecule has 152 valence electrons. The van der Waals surface area contributed by atoms with Crippen molar-refractivity contribution in [2.75, 3.05) is 31.6 Å². The van der Waals surface area contributed by atoms with E-state index in [1.807, 2.05) is 43.3 Å². The fourth-order valence-corrected chi connectivity index (χ4v) is 3.18. The number of likely N-dealkylation sites (N-methyl/N-ethyl adjacent to an activating group) is 1. The second-order valence-electron chi connectivity index (χ2n) is 7.21. The standard InChI is InChI=1S/C23H23N5O2/c1-3-27(2)23(30)20(29)11-8-16-6-4-7-17(14-16)18-9-10-19-21(26-18)22(25-15-24-19)28-12-5-13-28/h4,6-7,9-10,14-15,20,29H,3,5,12-13H2,1-2H3/t20-/m1/s1. The van der Waals surface area contributed by atoms with Crippen molar-refractivity contribution in [3.05, 3.63) is 48.3 Å². The SMILES string of the molecule is CCN(C)C(=O)[C@H](O)C#Cc1cccc(-c2ccc3ncnc(N4CCC4)c3n2)c1. The number of hydrogen-bond donors (Lipinski definition) is 1. The lowest BCUT2D eigenvalue weighted by Crippen LogP contribution is -2.37. The van der Waals surface area contributed by atoms with Crippen LogP contribution in [0.15, 0.2) is 42.7 Å². The van der Waals surface area contributed by atoms with Gasteiger partial charge < -0.3 is 14.9 Å². The fraction of sp³-hybridized carbons (Fsp3) is 0.304. The first-order chi connectivity index (χ1) is 14.6. The van der Waals surface area contributed by atoms with E-state index in [4.69, 9.17) is 4.98 Å². The average Bonchev–Trinajstić information content (AvgIpc) is 2.75. The molecule has 0 aliphatic carbocycles. The predicted molar refractivity (Wildman–Crippen MR) is 116 cm³/mol. The highest BCUT2D eigenvalue weighted by atomic mass is 16.3. The van der Waals surface area contributed by atoms with Gasteiger partial charge in [-0.05, 0) is 37.6 Å². The zero-order chi connectivity index (χ0) is 21.1. The largest absolute Gasteiger partial charge is 0.372 e. The van der Waals surface area contributed by atoms with Crippen LogP contribution in [0.5, 0.6) is 0 Å². The number of benzene rings is 1. The summed E-state index contributed by atoms with van der Waals surface area (Å²) in [5, 5.41) is 10.0. The molecule has 3 aromatic rings. The normalized spacial score (nSPS) is 13.9. The Hall–Kier alpha value is -3.50. The highest BCUT2D eigenvalue weighted by Crippen LogP contribution is 2.27. The number of carbonyl (C=O) groups is 1. The molecule has 1 aliphatic rings. The molecule has 0 radical (unpaired) electrons. The van der Waals surface area contributed by atoms with Crippen molar-refractivity contribution in [2.45, 2.75) is 19.4 Å². The van der Waals surface area contributed by atoms with Gasteiger partial charge in [0.15, 0.2) is 11.9 Å². The van der Waals surface area contributed by atoms with Gasteiger partial charge in [-0.1, -0.05) is 24.0 Å². The summed E-state index contributed by atoms with van der Waals surface area (Å²) in [5.41, 5.74) is 3.99. The van der Waals surface area contributed by atoms with Crippen LogP contribution in [0, 0.1) is 11.8 Å². The van der Waals surface area contributed by atoms with E-state index in [1.54, 1.807) is 13.4 Å². The van der Waals surface area contributed by atoms with Crippen molar-refractivity contribution >= 4 is 22.8 Å². The van der Waals surface area contributed by atoms with Gasteiger partial charge >= 0.3 is 0 Å². The lowest BCUT2D eigenvalue weighted by Gasteiger charge is -2.32. The third-order valence-electron chi connectivity index (χ3n) is 5.21. The fourth-order valence-electron chi connectivity index (χ4n) is 3.18. The van der Waals surface area contributed by atoms with Gasteiger partial charge in [0.1, 0.15) is 11.8 Å². The molecule has 1 aromatic carbocycles. The van der Waals surface area contributed by atoms with Gasteiger partial charge in [-0.2, -0.15) is 0 Å². The van der Waals surface area contributed by atoms with Crippen LogP contribution in [0.3, 0.4) is 0 Å². The molecule has 7 heteroatoms. The molecular weight excluding hydrogens is 378 g/mol. The predicted octanol–water partition coefficient (Wildman–Crippen LogP) is 2.09. The van der Waals surface area contributed by atoms with Gasteiger partial charge in [0.2, 0.25) is 0 Å². The summed E-state index contributed by atoms with van der Waals surface area (Å²) in [6.45, 7) is 4.33. The number of nitrogens with zero attached hydrogens (tertiary/aromatic N) is 5. The summed E-state index contributed by atoms with van der Waals surface area (Å²) >= 11 is 0. The Labute approximate surface area is 175 Å². The molecule has 1 saturated heterocycles. The Morgan fingerprint density at radius 1 is 1.27 bits per heavy atom. The Morgan fingerprint density at radius 3 is 2.83 bits per heavy atom. The maximum atomic E-state index is 12.0. The van der Waals surface area contributed by atoms with Gasteiger partial charge in [0.05, 0.1) is 11.2 Å². The first-order valence-corrected chi connectivity index (χ1v) is 9.98. The van der Waals surface area contributed by atoms with Crippen LogP contribution in [-0.2, 0) is 4.79 Å². The number of aliphatic hydroxyl groups is 1. The molecular formula is C23H23N5O2. The molecule has 3 heterocycles. The Bertz CT molecular complexity index is 1150. The third kappa shape index (κ3) is 3.95. The van der Waals surface area contributed by atoms with Crippen LogP contribution < -0.4 is 4.90 Å². The number of carbonyl (C=O) groups excluding carboxylic acids is 1. The number of anilines is 1. The van der Waals surface area contributed by atoms with Crippen molar-refractivity contribution in [1.82, 2.24) is 19.9 Å². The van der Waals surface area contributed by atoms with Gasteiger partial charge in [0, 0.05) is 37.8 Å². The minimum Gasteiger partial charge on any atom is -0.372 e. The minimum absolute atomic E-state index is 0.407. The summed E-state index contributed by atoms with van der Waals surface area (Å²) in [6.07, 6.45) is 1.40. The van der Waals surface area contributed by atoms with Gasteiger partial charge in [-0.3, -0.25) is 4.79 Å². The Morgan fingerprint density at radius 2 is 2.10 bits per heavy atom.